The van der Waals surface area contributed by atoms with Crippen LogP contribution in [0, 0.1) is 13.8 Å². The summed E-state index contributed by atoms with van der Waals surface area (Å²) >= 11 is 0. The molecule has 0 N–H and O–H groups in total. The van der Waals surface area contributed by atoms with Gasteiger partial charge in [-0.2, -0.15) is 0 Å². The molecule has 2 aliphatic heterocycles. The molecule has 3 aliphatic rings. The second-order valence-electron chi connectivity index (χ2n) is 9.42. The minimum atomic E-state index is 0.125. The van der Waals surface area contributed by atoms with Gasteiger partial charge < -0.3 is 9.80 Å². The van der Waals surface area contributed by atoms with Gasteiger partial charge in [0.25, 0.3) is 5.91 Å². The second kappa shape index (κ2) is 8.58. The number of anilines is 1. The molecule has 1 aliphatic carbocycles. The molecule has 0 radical (unpaired) electrons. The number of benzene rings is 1. The van der Waals surface area contributed by atoms with E-state index in [1.165, 1.54) is 24.8 Å². The number of aromatic nitrogens is 2. The van der Waals surface area contributed by atoms with E-state index in [0.717, 1.165) is 79.9 Å². The number of nitrogens with zero attached hydrogens (tertiary/aromatic N) is 5. The first-order valence-corrected chi connectivity index (χ1v) is 11.8. The normalized spacial score (nSPS) is 20.2. The monoisotopic (exact) mass is 419 g/mol. The number of amides is 1. The average Bonchev–Trinajstić information content (AvgIpc) is 2.94. The van der Waals surface area contributed by atoms with Crippen LogP contribution in [-0.4, -0.2) is 71.0 Å². The molecule has 5 rings (SSSR count). The first-order valence-electron chi connectivity index (χ1n) is 11.8. The maximum atomic E-state index is 13.1. The van der Waals surface area contributed by atoms with Crippen molar-refractivity contribution in [2.24, 2.45) is 0 Å². The van der Waals surface area contributed by atoms with Crippen molar-refractivity contribution in [3.05, 3.63) is 52.3 Å². The van der Waals surface area contributed by atoms with Crippen molar-refractivity contribution in [1.82, 2.24) is 19.8 Å². The summed E-state index contributed by atoms with van der Waals surface area (Å²) in [4.78, 5) is 29.7. The van der Waals surface area contributed by atoms with Crippen LogP contribution in [0.3, 0.4) is 0 Å². The Morgan fingerprint density at radius 3 is 2.32 bits per heavy atom. The van der Waals surface area contributed by atoms with E-state index in [4.69, 9.17) is 9.97 Å². The zero-order valence-electron chi connectivity index (χ0n) is 18.8. The van der Waals surface area contributed by atoms with E-state index in [2.05, 4.69) is 15.9 Å². The number of hydrogen-bond acceptors (Lipinski definition) is 5. The standard InChI is InChI=1S/C25H33N5O/c1-18-14-19(2)16-21(15-18)24(31)29-8-6-20-17-26-25(27-23(20)7-9-29)30-12-10-28(11-13-30)22-4-3-5-22/h14-17,22H,3-13H2,1-2H3. The number of rotatable bonds is 3. The van der Waals surface area contributed by atoms with E-state index in [1.807, 2.05) is 37.1 Å². The summed E-state index contributed by atoms with van der Waals surface area (Å²) in [7, 11) is 0. The molecule has 0 bridgehead atoms. The van der Waals surface area contributed by atoms with Gasteiger partial charge in [-0.05, 0) is 50.8 Å². The molecule has 0 spiro atoms. The molecule has 31 heavy (non-hydrogen) atoms. The maximum absolute atomic E-state index is 13.1. The van der Waals surface area contributed by atoms with Crippen LogP contribution in [-0.2, 0) is 12.8 Å². The van der Waals surface area contributed by atoms with Gasteiger partial charge in [0.2, 0.25) is 5.95 Å². The van der Waals surface area contributed by atoms with Gasteiger partial charge in [-0.3, -0.25) is 9.69 Å². The van der Waals surface area contributed by atoms with Crippen molar-refractivity contribution in [1.29, 1.82) is 0 Å². The summed E-state index contributed by atoms with van der Waals surface area (Å²) < 4.78 is 0. The third-order valence-corrected chi connectivity index (χ3v) is 7.16. The largest absolute Gasteiger partial charge is 0.338 e. The predicted molar refractivity (Wildman–Crippen MR) is 123 cm³/mol. The zero-order chi connectivity index (χ0) is 21.4. The highest BCUT2D eigenvalue weighted by Gasteiger charge is 2.29. The van der Waals surface area contributed by atoms with Gasteiger partial charge in [0, 0.05) is 63.5 Å². The smallest absolute Gasteiger partial charge is 0.253 e. The minimum absolute atomic E-state index is 0.125. The van der Waals surface area contributed by atoms with E-state index in [0.29, 0.717) is 6.54 Å². The van der Waals surface area contributed by atoms with E-state index >= 15 is 0 Å². The quantitative estimate of drug-likeness (QED) is 0.766. The molecule has 1 aromatic carbocycles. The minimum Gasteiger partial charge on any atom is -0.338 e. The first-order chi connectivity index (χ1) is 15.1. The number of carbonyl (C=O) groups excluding carboxylic acids is 1. The Hall–Kier alpha value is -2.47. The average molecular weight is 420 g/mol. The van der Waals surface area contributed by atoms with Gasteiger partial charge in [0.1, 0.15) is 0 Å². The fourth-order valence-corrected chi connectivity index (χ4v) is 5.14. The summed E-state index contributed by atoms with van der Waals surface area (Å²) in [5.41, 5.74) is 5.36. The molecule has 6 nitrogen and oxygen atoms in total. The van der Waals surface area contributed by atoms with Crippen LogP contribution in [0.2, 0.25) is 0 Å². The molecule has 0 unspecified atom stereocenters. The lowest BCUT2D eigenvalue weighted by atomic mass is 9.91. The van der Waals surface area contributed by atoms with E-state index in [9.17, 15) is 4.79 Å². The summed E-state index contributed by atoms with van der Waals surface area (Å²) in [5, 5.41) is 0. The molecule has 3 heterocycles. The highest BCUT2D eigenvalue weighted by atomic mass is 16.2. The van der Waals surface area contributed by atoms with Crippen LogP contribution in [0.25, 0.3) is 0 Å². The van der Waals surface area contributed by atoms with Crippen molar-refractivity contribution >= 4 is 11.9 Å². The molecule has 164 valence electrons. The third kappa shape index (κ3) is 4.31. The maximum Gasteiger partial charge on any atom is 0.253 e. The number of fused-ring (bicyclic) bond motifs is 1. The van der Waals surface area contributed by atoms with E-state index in [1.54, 1.807) is 0 Å². The number of aryl methyl sites for hydroxylation is 2. The Morgan fingerprint density at radius 2 is 1.65 bits per heavy atom. The first kappa shape index (κ1) is 20.4. The Bertz CT molecular complexity index is 942. The van der Waals surface area contributed by atoms with Crippen LogP contribution in [0.4, 0.5) is 5.95 Å². The summed E-state index contributed by atoms with van der Waals surface area (Å²) in [6.45, 7) is 9.77. The number of carbonyl (C=O) groups is 1. The lowest BCUT2D eigenvalue weighted by Gasteiger charge is -2.43. The van der Waals surface area contributed by atoms with Crippen molar-refractivity contribution < 1.29 is 4.79 Å². The van der Waals surface area contributed by atoms with Gasteiger partial charge in [-0.25, -0.2) is 9.97 Å². The van der Waals surface area contributed by atoms with E-state index < -0.39 is 0 Å². The molecule has 0 atom stereocenters. The molecule has 1 saturated heterocycles. The molecule has 6 heteroatoms. The topological polar surface area (TPSA) is 52.6 Å². The van der Waals surface area contributed by atoms with Crippen LogP contribution in [0.1, 0.15) is 52.0 Å². The molecule has 1 saturated carbocycles. The van der Waals surface area contributed by atoms with Crippen LogP contribution >= 0.6 is 0 Å². The highest BCUT2D eigenvalue weighted by Crippen LogP contribution is 2.26. The fraction of sp³-hybridized carbons (Fsp3) is 0.560. The molecule has 2 fully saturated rings. The van der Waals surface area contributed by atoms with Gasteiger partial charge in [0.05, 0.1) is 5.69 Å². The Morgan fingerprint density at radius 1 is 0.935 bits per heavy atom. The SMILES string of the molecule is Cc1cc(C)cc(C(=O)N2CCc3cnc(N4CCN(C5CCC5)CC4)nc3CC2)c1. The zero-order valence-corrected chi connectivity index (χ0v) is 18.8. The molecule has 1 aromatic heterocycles. The predicted octanol–water partition coefficient (Wildman–Crippen LogP) is 3.01. The van der Waals surface area contributed by atoms with Crippen molar-refractivity contribution in [2.45, 2.75) is 52.0 Å². The van der Waals surface area contributed by atoms with Crippen molar-refractivity contribution in [3.8, 4) is 0 Å². The van der Waals surface area contributed by atoms with Gasteiger partial charge in [0.15, 0.2) is 0 Å². The van der Waals surface area contributed by atoms with Crippen LogP contribution in [0.5, 0.6) is 0 Å². The Labute approximate surface area is 185 Å². The Balaban J connectivity index is 1.24. The number of hydrogen-bond donors (Lipinski definition) is 0. The van der Waals surface area contributed by atoms with Crippen molar-refractivity contribution in [2.75, 3.05) is 44.2 Å². The van der Waals surface area contributed by atoms with Crippen LogP contribution < -0.4 is 4.90 Å². The van der Waals surface area contributed by atoms with Crippen molar-refractivity contribution in [3.63, 3.8) is 0 Å². The third-order valence-electron chi connectivity index (χ3n) is 7.16. The molecular weight excluding hydrogens is 386 g/mol. The second-order valence-corrected chi connectivity index (χ2v) is 9.42. The summed E-state index contributed by atoms with van der Waals surface area (Å²) in [6, 6.07) is 6.91. The van der Waals surface area contributed by atoms with Gasteiger partial charge >= 0.3 is 0 Å². The lowest BCUT2D eigenvalue weighted by Crippen LogP contribution is -2.52. The molecule has 1 amide bonds. The van der Waals surface area contributed by atoms with Crippen LogP contribution in [0.15, 0.2) is 24.4 Å². The fourth-order valence-electron chi connectivity index (χ4n) is 5.14. The summed E-state index contributed by atoms with van der Waals surface area (Å²) in [5.74, 6) is 0.987. The highest BCUT2D eigenvalue weighted by molar-refractivity contribution is 5.94. The molecular formula is C25H33N5O. The van der Waals surface area contributed by atoms with Gasteiger partial charge in [-0.1, -0.05) is 23.6 Å². The lowest BCUT2D eigenvalue weighted by molar-refractivity contribution is 0.0762. The molecule has 2 aromatic rings. The van der Waals surface area contributed by atoms with Gasteiger partial charge in [-0.15, -0.1) is 0 Å². The van der Waals surface area contributed by atoms with E-state index in [-0.39, 0.29) is 5.91 Å². The Kier molecular flexibility index (Phi) is 5.65. The summed E-state index contributed by atoms with van der Waals surface area (Å²) in [6.07, 6.45) is 7.74. The number of piperazine rings is 1.